The fourth-order valence-electron chi connectivity index (χ4n) is 1.01. The number of nitro groups is 1. The number of nitrogens with zero attached hydrogens (tertiary/aromatic N) is 1. The SMILES string of the molecule is O=[N+]([O-])/C(=C/c1ccco1)CCCO. The molecule has 0 unspecified atom stereocenters. The number of rotatable bonds is 5. The summed E-state index contributed by atoms with van der Waals surface area (Å²) in [5, 5.41) is 19.1. The van der Waals surface area contributed by atoms with Crippen LogP contribution in [0.25, 0.3) is 6.08 Å². The third-order valence-electron chi connectivity index (χ3n) is 1.68. The number of aliphatic hydroxyl groups excluding tert-OH is 1. The summed E-state index contributed by atoms with van der Waals surface area (Å²) in [6.45, 7) is -0.0522. The molecule has 14 heavy (non-hydrogen) atoms. The lowest BCUT2D eigenvalue weighted by atomic mass is 10.2. The number of allylic oxidation sites excluding steroid dienone is 1. The molecule has 0 saturated heterocycles. The summed E-state index contributed by atoms with van der Waals surface area (Å²) >= 11 is 0. The van der Waals surface area contributed by atoms with Crippen LogP contribution in [0.2, 0.25) is 0 Å². The largest absolute Gasteiger partial charge is 0.465 e. The van der Waals surface area contributed by atoms with E-state index in [2.05, 4.69) is 0 Å². The van der Waals surface area contributed by atoms with Crippen molar-refractivity contribution in [2.24, 2.45) is 0 Å². The van der Waals surface area contributed by atoms with Crippen LogP contribution >= 0.6 is 0 Å². The van der Waals surface area contributed by atoms with Gasteiger partial charge in [-0.2, -0.15) is 0 Å². The normalized spacial score (nSPS) is 11.6. The second-order valence-electron chi connectivity index (χ2n) is 2.74. The Morgan fingerprint density at radius 3 is 3.00 bits per heavy atom. The van der Waals surface area contributed by atoms with E-state index in [1.54, 1.807) is 12.1 Å². The quantitative estimate of drug-likeness (QED) is 0.575. The molecular formula is C9H11NO4. The average Bonchev–Trinajstić information content (AvgIpc) is 2.64. The predicted molar refractivity (Wildman–Crippen MR) is 50.0 cm³/mol. The Morgan fingerprint density at radius 2 is 2.50 bits per heavy atom. The van der Waals surface area contributed by atoms with Crippen molar-refractivity contribution in [3.8, 4) is 0 Å². The maximum absolute atomic E-state index is 10.5. The molecule has 1 aromatic rings. The lowest BCUT2D eigenvalue weighted by Gasteiger charge is -1.95. The molecule has 5 heteroatoms. The van der Waals surface area contributed by atoms with Crippen molar-refractivity contribution in [1.29, 1.82) is 0 Å². The maximum Gasteiger partial charge on any atom is 0.250 e. The van der Waals surface area contributed by atoms with Crippen LogP contribution in [0.3, 0.4) is 0 Å². The van der Waals surface area contributed by atoms with Crippen LogP contribution < -0.4 is 0 Å². The third-order valence-corrected chi connectivity index (χ3v) is 1.68. The molecule has 0 aliphatic rings. The van der Waals surface area contributed by atoms with E-state index in [0.29, 0.717) is 12.2 Å². The first-order valence-corrected chi connectivity index (χ1v) is 4.23. The Kier molecular flexibility index (Phi) is 3.87. The van der Waals surface area contributed by atoms with Gasteiger partial charge < -0.3 is 9.52 Å². The Bertz CT molecular complexity index is 316. The molecule has 0 radical (unpaired) electrons. The molecule has 1 heterocycles. The highest BCUT2D eigenvalue weighted by Gasteiger charge is 2.10. The van der Waals surface area contributed by atoms with Crippen molar-refractivity contribution in [2.75, 3.05) is 6.61 Å². The number of hydrogen-bond donors (Lipinski definition) is 1. The van der Waals surface area contributed by atoms with Gasteiger partial charge in [0.15, 0.2) is 0 Å². The molecule has 1 rings (SSSR count). The Labute approximate surface area is 80.8 Å². The van der Waals surface area contributed by atoms with Gasteiger partial charge in [0, 0.05) is 13.0 Å². The van der Waals surface area contributed by atoms with E-state index in [9.17, 15) is 10.1 Å². The summed E-state index contributed by atoms with van der Waals surface area (Å²) in [5.41, 5.74) is 0.0500. The third kappa shape index (κ3) is 3.02. The molecule has 0 amide bonds. The van der Waals surface area contributed by atoms with Gasteiger partial charge in [-0.1, -0.05) is 0 Å². The zero-order valence-electron chi connectivity index (χ0n) is 7.55. The lowest BCUT2D eigenvalue weighted by Crippen LogP contribution is -1.99. The van der Waals surface area contributed by atoms with Gasteiger partial charge >= 0.3 is 0 Å². The van der Waals surface area contributed by atoms with Gasteiger partial charge in [-0.3, -0.25) is 10.1 Å². The minimum atomic E-state index is -0.460. The molecule has 0 bridgehead atoms. The van der Waals surface area contributed by atoms with Gasteiger partial charge in [0.2, 0.25) is 5.70 Å². The molecule has 0 aromatic carbocycles. The van der Waals surface area contributed by atoms with Crippen molar-refractivity contribution in [3.05, 3.63) is 40.0 Å². The smallest absolute Gasteiger partial charge is 0.250 e. The van der Waals surface area contributed by atoms with Gasteiger partial charge in [0.25, 0.3) is 0 Å². The molecule has 0 aliphatic heterocycles. The average molecular weight is 197 g/mol. The second kappa shape index (κ2) is 5.18. The molecule has 5 nitrogen and oxygen atoms in total. The predicted octanol–water partition coefficient (Wildman–Crippen LogP) is 1.67. The highest BCUT2D eigenvalue weighted by Crippen LogP contribution is 2.12. The number of furan rings is 1. The van der Waals surface area contributed by atoms with E-state index >= 15 is 0 Å². The van der Waals surface area contributed by atoms with Crippen molar-refractivity contribution in [3.63, 3.8) is 0 Å². The molecule has 0 fully saturated rings. The highest BCUT2D eigenvalue weighted by molar-refractivity contribution is 5.44. The van der Waals surface area contributed by atoms with Crippen LogP contribution in [-0.4, -0.2) is 16.6 Å². The summed E-state index contributed by atoms with van der Waals surface area (Å²) in [4.78, 5) is 10.1. The first-order chi connectivity index (χ1) is 6.74. The van der Waals surface area contributed by atoms with Crippen molar-refractivity contribution >= 4 is 6.08 Å². The monoisotopic (exact) mass is 197 g/mol. The van der Waals surface area contributed by atoms with Crippen LogP contribution in [0.5, 0.6) is 0 Å². The van der Waals surface area contributed by atoms with Crippen molar-refractivity contribution < 1.29 is 14.4 Å². The summed E-state index contributed by atoms with van der Waals surface area (Å²) in [6, 6.07) is 3.30. The van der Waals surface area contributed by atoms with E-state index in [1.165, 1.54) is 12.3 Å². The van der Waals surface area contributed by atoms with Crippen LogP contribution in [0.4, 0.5) is 0 Å². The highest BCUT2D eigenvalue weighted by atomic mass is 16.6. The number of aliphatic hydroxyl groups is 1. The lowest BCUT2D eigenvalue weighted by molar-refractivity contribution is -0.426. The fraction of sp³-hybridized carbons (Fsp3) is 0.333. The van der Waals surface area contributed by atoms with E-state index in [4.69, 9.17) is 9.52 Å². The Morgan fingerprint density at radius 1 is 1.71 bits per heavy atom. The van der Waals surface area contributed by atoms with E-state index in [1.807, 2.05) is 0 Å². The number of hydrogen-bond acceptors (Lipinski definition) is 4. The summed E-state index contributed by atoms with van der Waals surface area (Å²) in [7, 11) is 0. The van der Waals surface area contributed by atoms with Gasteiger partial charge in [0.1, 0.15) is 5.76 Å². The van der Waals surface area contributed by atoms with E-state index in [-0.39, 0.29) is 18.7 Å². The van der Waals surface area contributed by atoms with Crippen LogP contribution in [0.15, 0.2) is 28.5 Å². The first-order valence-electron chi connectivity index (χ1n) is 4.23. The Hall–Kier alpha value is -1.62. The first kappa shape index (κ1) is 10.5. The van der Waals surface area contributed by atoms with Crippen molar-refractivity contribution in [1.82, 2.24) is 0 Å². The molecular weight excluding hydrogens is 186 g/mol. The molecule has 0 aliphatic carbocycles. The second-order valence-corrected chi connectivity index (χ2v) is 2.74. The topological polar surface area (TPSA) is 76.5 Å². The van der Waals surface area contributed by atoms with Gasteiger partial charge in [-0.25, -0.2) is 0 Å². The zero-order chi connectivity index (χ0) is 10.4. The van der Waals surface area contributed by atoms with Gasteiger partial charge in [-0.05, 0) is 18.6 Å². The zero-order valence-corrected chi connectivity index (χ0v) is 7.55. The van der Waals surface area contributed by atoms with Crippen molar-refractivity contribution in [2.45, 2.75) is 12.8 Å². The minimum Gasteiger partial charge on any atom is -0.465 e. The van der Waals surface area contributed by atoms with E-state index in [0.717, 1.165) is 0 Å². The van der Waals surface area contributed by atoms with Crippen LogP contribution in [0.1, 0.15) is 18.6 Å². The fourth-order valence-corrected chi connectivity index (χ4v) is 1.01. The van der Waals surface area contributed by atoms with Crippen LogP contribution in [-0.2, 0) is 0 Å². The van der Waals surface area contributed by atoms with Crippen LogP contribution in [0, 0.1) is 10.1 Å². The molecule has 76 valence electrons. The maximum atomic E-state index is 10.5. The van der Waals surface area contributed by atoms with Gasteiger partial charge in [0.05, 0.1) is 17.3 Å². The molecule has 0 saturated carbocycles. The molecule has 1 aromatic heterocycles. The summed E-state index contributed by atoms with van der Waals surface area (Å²) < 4.78 is 4.95. The summed E-state index contributed by atoms with van der Waals surface area (Å²) in [6.07, 6.45) is 3.45. The molecule has 1 N–H and O–H groups in total. The molecule has 0 spiro atoms. The Balaban J connectivity index is 2.72. The van der Waals surface area contributed by atoms with Gasteiger partial charge in [-0.15, -0.1) is 0 Å². The summed E-state index contributed by atoms with van der Waals surface area (Å²) in [5.74, 6) is 0.453. The van der Waals surface area contributed by atoms with E-state index < -0.39 is 4.92 Å². The minimum absolute atomic E-state index is 0.0500. The molecule has 0 atom stereocenters. The standard InChI is InChI=1S/C9H11NO4/c11-5-1-3-8(10(12)13)7-9-4-2-6-14-9/h2,4,6-7,11H,1,3,5H2/b8-7+.